The van der Waals surface area contributed by atoms with Crippen LogP contribution in [0.1, 0.15) is 32.6 Å². The average Bonchev–Trinajstić information content (AvgIpc) is 2.68. The molecule has 26 heavy (non-hydrogen) atoms. The summed E-state index contributed by atoms with van der Waals surface area (Å²) >= 11 is 0. The second-order valence-electron chi connectivity index (χ2n) is 7.37. The van der Waals surface area contributed by atoms with Gasteiger partial charge in [-0.15, -0.1) is 0 Å². The van der Waals surface area contributed by atoms with Gasteiger partial charge in [-0.05, 0) is 56.8 Å². The van der Waals surface area contributed by atoms with Crippen LogP contribution in [-0.2, 0) is 10.0 Å². The number of rotatable bonds is 5. The number of benzene rings is 1. The summed E-state index contributed by atoms with van der Waals surface area (Å²) < 4.78 is 38.1. The molecule has 0 saturated carbocycles. The van der Waals surface area contributed by atoms with E-state index in [4.69, 9.17) is 9.47 Å². The minimum atomic E-state index is -3.50. The molecule has 0 aliphatic carbocycles. The Bertz CT molecular complexity index is 706. The van der Waals surface area contributed by atoms with Gasteiger partial charge in [0.15, 0.2) is 11.5 Å². The molecule has 0 N–H and O–H groups in total. The van der Waals surface area contributed by atoms with Gasteiger partial charge in [0.1, 0.15) is 0 Å². The molecule has 2 aliphatic heterocycles. The number of sulfonamides is 1. The van der Waals surface area contributed by atoms with E-state index in [1.807, 2.05) is 0 Å². The van der Waals surface area contributed by atoms with Crippen molar-refractivity contribution in [3.05, 3.63) is 18.2 Å². The minimum Gasteiger partial charge on any atom is -0.493 e. The van der Waals surface area contributed by atoms with Gasteiger partial charge < -0.3 is 14.4 Å². The van der Waals surface area contributed by atoms with Gasteiger partial charge in [0.25, 0.3) is 0 Å². The molecular weight excluding hydrogens is 352 g/mol. The van der Waals surface area contributed by atoms with Crippen molar-refractivity contribution >= 4 is 10.0 Å². The lowest BCUT2D eigenvalue weighted by Crippen LogP contribution is -2.48. The Morgan fingerprint density at radius 1 is 0.923 bits per heavy atom. The first-order valence-electron chi connectivity index (χ1n) is 9.42. The molecule has 3 rings (SSSR count). The topological polar surface area (TPSA) is 59.1 Å². The van der Waals surface area contributed by atoms with Crippen molar-refractivity contribution < 1.29 is 17.9 Å². The zero-order valence-electron chi connectivity index (χ0n) is 16.0. The molecule has 1 aromatic carbocycles. The van der Waals surface area contributed by atoms with Crippen molar-refractivity contribution in [2.45, 2.75) is 43.5 Å². The highest BCUT2D eigenvalue weighted by atomic mass is 32.2. The number of nitrogens with zero attached hydrogens (tertiary/aromatic N) is 2. The summed E-state index contributed by atoms with van der Waals surface area (Å²) in [7, 11) is -0.450. The van der Waals surface area contributed by atoms with Crippen LogP contribution in [-0.4, -0.2) is 64.1 Å². The number of ether oxygens (including phenoxy) is 2. The van der Waals surface area contributed by atoms with Gasteiger partial charge in [-0.25, -0.2) is 8.42 Å². The van der Waals surface area contributed by atoms with Gasteiger partial charge in [-0.3, -0.25) is 0 Å². The Hall–Kier alpha value is -1.31. The van der Waals surface area contributed by atoms with Crippen LogP contribution in [0.4, 0.5) is 0 Å². The number of likely N-dealkylation sites (tertiary alicyclic amines) is 1. The van der Waals surface area contributed by atoms with Crippen LogP contribution in [0.2, 0.25) is 0 Å². The molecule has 0 radical (unpaired) electrons. The van der Waals surface area contributed by atoms with E-state index in [0.717, 1.165) is 31.8 Å². The zero-order chi connectivity index (χ0) is 18.7. The summed E-state index contributed by atoms with van der Waals surface area (Å²) in [5.41, 5.74) is 0. The Labute approximate surface area is 157 Å². The largest absolute Gasteiger partial charge is 0.493 e. The first-order valence-corrected chi connectivity index (χ1v) is 10.9. The fourth-order valence-corrected chi connectivity index (χ4v) is 5.45. The second-order valence-corrected chi connectivity index (χ2v) is 9.31. The normalized spacial score (nSPS) is 21.7. The minimum absolute atomic E-state index is 0.264. The number of methoxy groups -OCH3 is 2. The molecule has 0 spiro atoms. The van der Waals surface area contributed by atoms with Crippen molar-refractivity contribution in [2.24, 2.45) is 5.92 Å². The van der Waals surface area contributed by atoms with Crippen LogP contribution in [0.25, 0.3) is 0 Å². The van der Waals surface area contributed by atoms with Crippen LogP contribution in [0.15, 0.2) is 23.1 Å². The van der Waals surface area contributed by atoms with Crippen molar-refractivity contribution in [1.82, 2.24) is 9.21 Å². The molecule has 0 amide bonds. The maximum atomic E-state index is 13.0. The first-order chi connectivity index (χ1) is 12.5. The van der Waals surface area contributed by atoms with E-state index in [1.165, 1.54) is 27.1 Å². The van der Waals surface area contributed by atoms with Crippen LogP contribution in [0.5, 0.6) is 11.5 Å². The highest BCUT2D eigenvalue weighted by Gasteiger charge is 2.33. The molecule has 2 heterocycles. The lowest BCUT2D eigenvalue weighted by molar-refractivity contribution is 0.101. The SMILES string of the molecule is COc1ccc(S(=O)(=O)N2CCC(N3CCC(C)CC3)CC2)cc1OC. The third-order valence-corrected chi connectivity index (χ3v) is 7.65. The quantitative estimate of drug-likeness (QED) is 0.783. The maximum absolute atomic E-state index is 13.0. The van der Waals surface area contributed by atoms with E-state index in [0.29, 0.717) is 30.6 Å². The molecule has 6 nitrogen and oxygen atoms in total. The monoisotopic (exact) mass is 382 g/mol. The molecule has 0 atom stereocenters. The van der Waals surface area contributed by atoms with Crippen molar-refractivity contribution in [2.75, 3.05) is 40.4 Å². The van der Waals surface area contributed by atoms with Gasteiger partial charge >= 0.3 is 0 Å². The smallest absolute Gasteiger partial charge is 0.243 e. The lowest BCUT2D eigenvalue weighted by atomic mass is 9.95. The summed E-state index contributed by atoms with van der Waals surface area (Å²) in [6.07, 6.45) is 4.32. The highest BCUT2D eigenvalue weighted by Crippen LogP contribution is 2.32. The van der Waals surface area contributed by atoms with Crippen LogP contribution in [0.3, 0.4) is 0 Å². The molecule has 2 fully saturated rings. The van der Waals surface area contributed by atoms with Gasteiger partial charge in [0, 0.05) is 25.2 Å². The highest BCUT2D eigenvalue weighted by molar-refractivity contribution is 7.89. The van der Waals surface area contributed by atoms with Gasteiger partial charge in [0.2, 0.25) is 10.0 Å². The predicted molar refractivity (Wildman–Crippen MR) is 101 cm³/mol. The average molecular weight is 383 g/mol. The number of hydrogen-bond acceptors (Lipinski definition) is 5. The predicted octanol–water partition coefficient (Wildman–Crippen LogP) is 2.59. The molecule has 0 bridgehead atoms. The molecule has 2 saturated heterocycles. The maximum Gasteiger partial charge on any atom is 0.243 e. The molecule has 1 aromatic rings. The van der Waals surface area contributed by atoms with Gasteiger partial charge in [-0.1, -0.05) is 6.92 Å². The molecular formula is C19H30N2O4S. The fourth-order valence-electron chi connectivity index (χ4n) is 3.97. The molecule has 7 heteroatoms. The van der Waals surface area contributed by atoms with Crippen molar-refractivity contribution in [3.63, 3.8) is 0 Å². The van der Waals surface area contributed by atoms with E-state index >= 15 is 0 Å². The summed E-state index contributed by atoms with van der Waals surface area (Å²) in [6.45, 7) is 5.76. The first kappa shape index (κ1) is 19.5. The van der Waals surface area contributed by atoms with E-state index < -0.39 is 10.0 Å². The molecule has 0 unspecified atom stereocenters. The fraction of sp³-hybridized carbons (Fsp3) is 0.684. The van der Waals surface area contributed by atoms with E-state index in [2.05, 4.69) is 11.8 Å². The van der Waals surface area contributed by atoms with Crippen molar-refractivity contribution in [3.8, 4) is 11.5 Å². The zero-order valence-corrected chi connectivity index (χ0v) is 16.8. The third-order valence-electron chi connectivity index (χ3n) is 5.75. The molecule has 146 valence electrons. The van der Waals surface area contributed by atoms with E-state index in [1.54, 1.807) is 22.5 Å². The lowest BCUT2D eigenvalue weighted by Gasteiger charge is -2.41. The standard InChI is InChI=1S/C19H30N2O4S/c1-15-6-10-20(11-7-15)16-8-12-21(13-9-16)26(22,23)17-4-5-18(24-2)19(14-17)25-3/h4-5,14-16H,6-13H2,1-3H3. The second kappa shape index (κ2) is 8.15. The number of piperidine rings is 2. The third kappa shape index (κ3) is 4.00. The summed E-state index contributed by atoms with van der Waals surface area (Å²) in [5.74, 6) is 1.78. The van der Waals surface area contributed by atoms with Gasteiger partial charge in [-0.2, -0.15) is 4.31 Å². The Balaban J connectivity index is 1.66. The number of hydrogen-bond donors (Lipinski definition) is 0. The summed E-state index contributed by atoms with van der Waals surface area (Å²) in [5, 5.41) is 0. The van der Waals surface area contributed by atoms with Crippen LogP contribution >= 0.6 is 0 Å². The molecule has 0 aromatic heterocycles. The van der Waals surface area contributed by atoms with E-state index in [9.17, 15) is 8.42 Å². The summed E-state index contributed by atoms with van der Waals surface area (Å²) in [4.78, 5) is 2.82. The van der Waals surface area contributed by atoms with Gasteiger partial charge in [0.05, 0.1) is 19.1 Å². The molecule has 2 aliphatic rings. The Morgan fingerprint density at radius 3 is 2.12 bits per heavy atom. The van der Waals surface area contributed by atoms with E-state index in [-0.39, 0.29) is 4.90 Å². The van der Waals surface area contributed by atoms with Crippen LogP contribution in [0, 0.1) is 5.92 Å². The summed E-state index contributed by atoms with van der Waals surface area (Å²) in [6, 6.07) is 5.30. The van der Waals surface area contributed by atoms with Crippen LogP contribution < -0.4 is 9.47 Å². The van der Waals surface area contributed by atoms with Crippen molar-refractivity contribution in [1.29, 1.82) is 0 Å². The Morgan fingerprint density at radius 2 is 1.54 bits per heavy atom. The Kier molecular flexibility index (Phi) is 6.10.